The van der Waals surface area contributed by atoms with Crippen LogP contribution in [-0.2, 0) is 6.04 Å². The van der Waals surface area contributed by atoms with Gasteiger partial charge in [-0.1, -0.05) is 76.4 Å². The maximum Gasteiger partial charge on any atom is 0.134 e. The molecular weight excluding hydrogens is 260 g/mol. The van der Waals surface area contributed by atoms with Crippen molar-refractivity contribution < 1.29 is 4.42 Å². The van der Waals surface area contributed by atoms with E-state index < -0.39 is 8.07 Å². The molecule has 2 rings (SSSR count). The van der Waals surface area contributed by atoms with Crippen LogP contribution in [0.15, 0.2) is 34.7 Å². The van der Waals surface area contributed by atoms with Crippen molar-refractivity contribution in [3.8, 4) is 0 Å². The molecule has 0 N–H and O–H groups in total. The van der Waals surface area contributed by atoms with Crippen molar-refractivity contribution in [3.05, 3.63) is 36.1 Å². The Bertz CT molecular complexity index is 511. The third-order valence-electron chi connectivity index (χ3n) is 5.18. The molecule has 0 atom stereocenters. The number of hydrogen-bond donors (Lipinski definition) is 0. The normalized spacial score (nSPS) is 13.1. The quantitative estimate of drug-likeness (QED) is 0.597. The molecule has 110 valence electrons. The zero-order chi connectivity index (χ0) is 14.9. The zero-order valence-corrected chi connectivity index (χ0v) is 14.7. The second kappa shape index (κ2) is 5.77. The molecule has 0 bridgehead atoms. The minimum atomic E-state index is -1.43. The molecule has 2 heteroatoms. The number of fused-ring (bicyclic) bond motifs is 1. The summed E-state index contributed by atoms with van der Waals surface area (Å²) in [7, 11) is -1.43. The number of rotatable bonds is 5. The van der Waals surface area contributed by atoms with Crippen molar-refractivity contribution in [3.63, 3.8) is 0 Å². The van der Waals surface area contributed by atoms with Gasteiger partial charge in [0, 0.05) is 11.4 Å². The van der Waals surface area contributed by atoms with Gasteiger partial charge in [0.1, 0.15) is 11.3 Å². The Hall–Kier alpha value is -1.02. The summed E-state index contributed by atoms with van der Waals surface area (Å²) >= 11 is 0. The molecule has 0 spiro atoms. The Kier molecular flexibility index (Phi) is 4.43. The summed E-state index contributed by atoms with van der Waals surface area (Å²) in [5.74, 6) is 1.19. The Balaban J connectivity index is 2.41. The largest absolute Gasteiger partial charge is 0.461 e. The van der Waals surface area contributed by atoms with Crippen LogP contribution in [0.25, 0.3) is 11.0 Å². The van der Waals surface area contributed by atoms with E-state index in [4.69, 9.17) is 4.42 Å². The lowest BCUT2D eigenvalue weighted by molar-refractivity contribution is 0.563. The molecule has 1 heterocycles. The maximum absolute atomic E-state index is 6.11. The van der Waals surface area contributed by atoms with Gasteiger partial charge in [0.25, 0.3) is 0 Å². The van der Waals surface area contributed by atoms with Gasteiger partial charge >= 0.3 is 0 Å². The smallest absolute Gasteiger partial charge is 0.134 e. The number of furan rings is 1. The van der Waals surface area contributed by atoms with Gasteiger partial charge in [-0.3, -0.25) is 0 Å². The van der Waals surface area contributed by atoms with Crippen molar-refractivity contribution in [1.29, 1.82) is 0 Å². The van der Waals surface area contributed by atoms with E-state index in [-0.39, 0.29) is 0 Å². The first-order valence-electron chi connectivity index (χ1n) is 7.85. The SMILES string of the molecule is CC(C)[Si](Cc1cc2ccccc2o1)(C(C)C)C(C)C. The molecule has 0 saturated carbocycles. The highest BCUT2D eigenvalue weighted by Gasteiger charge is 2.43. The third-order valence-corrected chi connectivity index (χ3v) is 12.6. The summed E-state index contributed by atoms with van der Waals surface area (Å²) < 4.78 is 6.11. The van der Waals surface area contributed by atoms with Crippen LogP contribution >= 0.6 is 0 Å². The maximum atomic E-state index is 6.11. The third kappa shape index (κ3) is 2.58. The molecule has 2 aromatic rings. The molecule has 20 heavy (non-hydrogen) atoms. The fourth-order valence-electron chi connectivity index (χ4n) is 4.04. The lowest BCUT2D eigenvalue weighted by atomic mass is 10.2. The fourth-order valence-corrected chi connectivity index (χ4v) is 10.0. The topological polar surface area (TPSA) is 13.1 Å². The average Bonchev–Trinajstić information content (AvgIpc) is 2.76. The van der Waals surface area contributed by atoms with Crippen LogP contribution in [0.4, 0.5) is 0 Å². The highest BCUT2D eigenvalue weighted by atomic mass is 28.3. The van der Waals surface area contributed by atoms with E-state index in [0.29, 0.717) is 0 Å². The molecule has 0 unspecified atom stereocenters. The molecule has 0 aliphatic heterocycles. The van der Waals surface area contributed by atoms with E-state index in [9.17, 15) is 0 Å². The second-order valence-corrected chi connectivity index (χ2v) is 13.0. The van der Waals surface area contributed by atoms with E-state index in [1.165, 1.54) is 11.1 Å². The molecule has 1 aromatic carbocycles. The van der Waals surface area contributed by atoms with Crippen molar-refractivity contribution in [1.82, 2.24) is 0 Å². The molecule has 0 saturated heterocycles. The van der Waals surface area contributed by atoms with Gasteiger partial charge in [-0.25, -0.2) is 0 Å². The Morgan fingerprint density at radius 3 is 1.95 bits per heavy atom. The second-order valence-electron chi connectivity index (χ2n) is 7.00. The lowest BCUT2D eigenvalue weighted by Gasteiger charge is -2.42. The van der Waals surface area contributed by atoms with Gasteiger partial charge in [-0.05, 0) is 12.1 Å². The van der Waals surface area contributed by atoms with Gasteiger partial charge in [0.05, 0.1) is 8.07 Å². The zero-order valence-electron chi connectivity index (χ0n) is 13.7. The molecule has 0 aliphatic rings. The predicted octanol–water partition coefficient (Wildman–Crippen LogP) is 6.19. The van der Waals surface area contributed by atoms with Crippen LogP contribution in [0.2, 0.25) is 16.6 Å². The van der Waals surface area contributed by atoms with Crippen molar-refractivity contribution in [2.24, 2.45) is 0 Å². The molecule has 0 radical (unpaired) electrons. The van der Waals surface area contributed by atoms with E-state index >= 15 is 0 Å². The van der Waals surface area contributed by atoms with Gasteiger partial charge in [-0.2, -0.15) is 0 Å². The van der Waals surface area contributed by atoms with Crippen LogP contribution in [0.1, 0.15) is 47.3 Å². The standard InChI is InChI=1S/C18H28OSi/c1-13(2)20(14(3)4,15(5)6)12-17-11-16-9-7-8-10-18(16)19-17/h7-11,13-15H,12H2,1-6H3. The fraction of sp³-hybridized carbons (Fsp3) is 0.556. The first-order chi connectivity index (χ1) is 9.37. The summed E-state index contributed by atoms with van der Waals surface area (Å²) in [6, 6.07) is 11.8. The van der Waals surface area contributed by atoms with Crippen LogP contribution in [0, 0.1) is 0 Å². The molecule has 1 aromatic heterocycles. The Labute approximate surface area is 124 Å². The van der Waals surface area contributed by atoms with E-state index in [1.807, 2.05) is 6.07 Å². The van der Waals surface area contributed by atoms with Crippen LogP contribution in [-0.4, -0.2) is 8.07 Å². The summed E-state index contributed by atoms with van der Waals surface area (Å²) in [5.41, 5.74) is 3.35. The molecule has 0 fully saturated rings. The van der Waals surface area contributed by atoms with Crippen LogP contribution in [0.5, 0.6) is 0 Å². The highest BCUT2D eigenvalue weighted by molar-refractivity contribution is 6.82. The summed E-state index contributed by atoms with van der Waals surface area (Å²) in [4.78, 5) is 0. The van der Waals surface area contributed by atoms with Crippen molar-refractivity contribution in [2.75, 3.05) is 0 Å². The number of hydrogen-bond acceptors (Lipinski definition) is 1. The Morgan fingerprint density at radius 1 is 0.900 bits per heavy atom. The highest BCUT2D eigenvalue weighted by Crippen LogP contribution is 2.44. The molecule has 0 aliphatic carbocycles. The molecular formula is C18H28OSi. The van der Waals surface area contributed by atoms with E-state index in [1.54, 1.807) is 0 Å². The minimum absolute atomic E-state index is 0.774. The van der Waals surface area contributed by atoms with E-state index in [0.717, 1.165) is 28.3 Å². The van der Waals surface area contributed by atoms with Crippen LogP contribution in [0.3, 0.4) is 0 Å². The van der Waals surface area contributed by atoms with Gasteiger partial charge in [0.2, 0.25) is 0 Å². The molecule has 1 nitrogen and oxygen atoms in total. The van der Waals surface area contributed by atoms with Gasteiger partial charge < -0.3 is 4.42 Å². The average molecular weight is 289 g/mol. The number of benzene rings is 1. The van der Waals surface area contributed by atoms with Gasteiger partial charge in [0.15, 0.2) is 0 Å². The lowest BCUT2D eigenvalue weighted by Crippen LogP contribution is -2.46. The number of para-hydroxylation sites is 1. The summed E-state index contributed by atoms with van der Waals surface area (Å²) in [6.45, 7) is 14.5. The van der Waals surface area contributed by atoms with Crippen molar-refractivity contribution in [2.45, 2.75) is 64.2 Å². The minimum Gasteiger partial charge on any atom is -0.461 e. The van der Waals surface area contributed by atoms with Crippen LogP contribution < -0.4 is 0 Å². The summed E-state index contributed by atoms with van der Waals surface area (Å²) in [6.07, 6.45) is 0. The Morgan fingerprint density at radius 2 is 1.45 bits per heavy atom. The molecule has 0 amide bonds. The van der Waals surface area contributed by atoms with E-state index in [2.05, 4.69) is 65.8 Å². The van der Waals surface area contributed by atoms with Crippen molar-refractivity contribution >= 4 is 19.0 Å². The van der Waals surface area contributed by atoms with Gasteiger partial charge in [-0.15, -0.1) is 0 Å². The summed E-state index contributed by atoms with van der Waals surface area (Å²) in [5, 5.41) is 1.24. The predicted molar refractivity (Wildman–Crippen MR) is 91.0 cm³/mol. The first kappa shape index (κ1) is 15.4. The monoisotopic (exact) mass is 288 g/mol. The first-order valence-corrected chi connectivity index (χ1v) is 10.3.